The van der Waals surface area contributed by atoms with Crippen molar-refractivity contribution in [1.29, 1.82) is 0 Å². The summed E-state index contributed by atoms with van der Waals surface area (Å²) in [5, 5.41) is 14.3. The van der Waals surface area contributed by atoms with Crippen LogP contribution < -0.4 is 14.4 Å². The molecule has 4 aromatic rings. The number of nitrogens with one attached hydrogen (secondary N) is 1. The smallest absolute Gasteiger partial charge is 0.204 e. The van der Waals surface area contributed by atoms with E-state index in [-0.39, 0.29) is 6.10 Å². The number of benzene rings is 2. The van der Waals surface area contributed by atoms with E-state index in [1.165, 1.54) is 12.8 Å². The second kappa shape index (κ2) is 9.68. The summed E-state index contributed by atoms with van der Waals surface area (Å²) in [5.74, 6) is 2.10. The SMILES string of the molecule is COc1ccc(N(Cc2cccnc2)c2ccc(-c3nn[nH]n3)cc2)cc1OC1CCCC1. The highest BCUT2D eigenvalue weighted by molar-refractivity contribution is 5.69. The van der Waals surface area contributed by atoms with E-state index in [1.807, 2.05) is 30.5 Å². The molecule has 1 N–H and O–H groups in total. The molecule has 8 heteroatoms. The maximum Gasteiger partial charge on any atom is 0.204 e. The Morgan fingerprint density at radius 3 is 2.52 bits per heavy atom. The molecule has 1 aliphatic carbocycles. The number of rotatable bonds is 8. The molecule has 0 amide bonds. The third-order valence-corrected chi connectivity index (χ3v) is 5.90. The second-order valence-corrected chi connectivity index (χ2v) is 8.09. The molecule has 0 bridgehead atoms. The number of methoxy groups -OCH3 is 1. The molecule has 8 nitrogen and oxygen atoms in total. The Hall–Kier alpha value is -3.94. The Bertz CT molecular complexity index is 1160. The van der Waals surface area contributed by atoms with Gasteiger partial charge in [-0.1, -0.05) is 6.07 Å². The third kappa shape index (κ3) is 4.79. The van der Waals surface area contributed by atoms with Crippen LogP contribution in [-0.2, 0) is 6.54 Å². The number of anilines is 2. The fourth-order valence-electron chi connectivity index (χ4n) is 4.19. The van der Waals surface area contributed by atoms with Gasteiger partial charge < -0.3 is 14.4 Å². The van der Waals surface area contributed by atoms with Crippen LogP contribution in [0.15, 0.2) is 67.0 Å². The topological polar surface area (TPSA) is 89.1 Å². The summed E-state index contributed by atoms with van der Waals surface area (Å²) in [7, 11) is 1.68. The van der Waals surface area contributed by atoms with Gasteiger partial charge >= 0.3 is 0 Å². The summed E-state index contributed by atoms with van der Waals surface area (Å²) >= 11 is 0. The first-order valence-corrected chi connectivity index (χ1v) is 11.1. The Labute approximate surface area is 192 Å². The molecule has 33 heavy (non-hydrogen) atoms. The lowest BCUT2D eigenvalue weighted by atomic mass is 10.1. The zero-order valence-corrected chi connectivity index (χ0v) is 18.5. The monoisotopic (exact) mass is 442 g/mol. The summed E-state index contributed by atoms with van der Waals surface area (Å²) in [6.45, 7) is 0.657. The molecule has 1 aliphatic rings. The van der Waals surface area contributed by atoms with Gasteiger partial charge in [-0.05, 0) is 78.9 Å². The van der Waals surface area contributed by atoms with Gasteiger partial charge in [0.2, 0.25) is 5.82 Å². The molecular weight excluding hydrogens is 416 g/mol. The van der Waals surface area contributed by atoms with Crippen molar-refractivity contribution in [3.63, 3.8) is 0 Å². The molecule has 0 saturated heterocycles. The predicted molar refractivity (Wildman–Crippen MR) is 126 cm³/mol. The van der Waals surface area contributed by atoms with Crippen LogP contribution in [-0.4, -0.2) is 38.8 Å². The molecule has 5 rings (SSSR count). The largest absolute Gasteiger partial charge is 0.493 e. The molecule has 2 aromatic heterocycles. The quantitative estimate of drug-likeness (QED) is 0.414. The van der Waals surface area contributed by atoms with Crippen LogP contribution in [0.3, 0.4) is 0 Å². The average molecular weight is 443 g/mol. The predicted octanol–water partition coefficient (Wildman–Crippen LogP) is 4.93. The molecule has 2 heterocycles. The fraction of sp³-hybridized carbons (Fsp3) is 0.280. The van der Waals surface area contributed by atoms with Gasteiger partial charge in [-0.3, -0.25) is 4.98 Å². The van der Waals surface area contributed by atoms with Crippen molar-refractivity contribution in [2.75, 3.05) is 12.0 Å². The number of ether oxygens (including phenoxy) is 2. The maximum absolute atomic E-state index is 6.35. The van der Waals surface area contributed by atoms with Crippen LogP contribution in [0.5, 0.6) is 11.5 Å². The first kappa shape index (κ1) is 20.9. The van der Waals surface area contributed by atoms with E-state index in [4.69, 9.17) is 9.47 Å². The number of H-pyrrole nitrogens is 1. The van der Waals surface area contributed by atoms with Gasteiger partial charge in [0, 0.05) is 41.9 Å². The second-order valence-electron chi connectivity index (χ2n) is 8.09. The van der Waals surface area contributed by atoms with Gasteiger partial charge in [0.15, 0.2) is 11.5 Å². The average Bonchev–Trinajstić information content (AvgIpc) is 3.58. The Balaban J connectivity index is 1.50. The molecule has 0 aliphatic heterocycles. The van der Waals surface area contributed by atoms with Crippen molar-refractivity contribution in [2.45, 2.75) is 38.3 Å². The van der Waals surface area contributed by atoms with Crippen LogP contribution in [0.2, 0.25) is 0 Å². The number of hydrogen-bond donors (Lipinski definition) is 1. The van der Waals surface area contributed by atoms with E-state index in [9.17, 15) is 0 Å². The van der Waals surface area contributed by atoms with E-state index in [0.29, 0.717) is 12.4 Å². The molecule has 2 aromatic carbocycles. The van der Waals surface area contributed by atoms with Crippen molar-refractivity contribution in [2.24, 2.45) is 0 Å². The Morgan fingerprint density at radius 2 is 1.82 bits per heavy atom. The Morgan fingerprint density at radius 1 is 1.00 bits per heavy atom. The highest BCUT2D eigenvalue weighted by Crippen LogP contribution is 2.38. The standard InChI is InChI=1S/C25H26N6O2/c1-32-23-13-12-21(15-24(23)33-22-6-2-3-7-22)31(17-18-5-4-14-26-16-18)20-10-8-19(9-11-20)25-27-29-30-28-25/h4-5,8-16,22H,2-3,6-7,17H2,1H3,(H,27,28,29,30). The summed E-state index contributed by atoms with van der Waals surface area (Å²) in [6.07, 6.45) is 8.53. The van der Waals surface area contributed by atoms with Crippen LogP contribution in [0, 0.1) is 0 Å². The van der Waals surface area contributed by atoms with Crippen LogP contribution in [0.25, 0.3) is 11.4 Å². The highest BCUT2D eigenvalue weighted by Gasteiger charge is 2.20. The van der Waals surface area contributed by atoms with Gasteiger partial charge in [-0.15, -0.1) is 10.2 Å². The molecule has 1 saturated carbocycles. The summed E-state index contributed by atoms with van der Waals surface area (Å²) in [5.41, 5.74) is 4.05. The van der Waals surface area contributed by atoms with Gasteiger partial charge in [-0.2, -0.15) is 5.21 Å². The van der Waals surface area contributed by atoms with Gasteiger partial charge in [0.05, 0.1) is 13.2 Å². The lowest BCUT2D eigenvalue weighted by molar-refractivity contribution is 0.201. The molecule has 168 valence electrons. The summed E-state index contributed by atoms with van der Waals surface area (Å²) in [4.78, 5) is 6.52. The minimum atomic E-state index is 0.246. The van der Waals surface area contributed by atoms with Gasteiger partial charge in [0.1, 0.15) is 0 Å². The van der Waals surface area contributed by atoms with Crippen LogP contribution in [0.1, 0.15) is 31.2 Å². The highest BCUT2D eigenvalue weighted by atomic mass is 16.5. The number of aromatic amines is 1. The van der Waals surface area contributed by atoms with Crippen molar-refractivity contribution >= 4 is 11.4 Å². The van der Waals surface area contributed by atoms with Gasteiger partial charge in [0.25, 0.3) is 0 Å². The Kier molecular flexibility index (Phi) is 6.14. The van der Waals surface area contributed by atoms with E-state index in [0.717, 1.165) is 46.8 Å². The normalized spacial score (nSPS) is 13.7. The zero-order valence-electron chi connectivity index (χ0n) is 18.5. The van der Waals surface area contributed by atoms with Crippen molar-refractivity contribution < 1.29 is 9.47 Å². The summed E-state index contributed by atoms with van der Waals surface area (Å²) in [6, 6.07) is 18.2. The number of pyridine rings is 1. The molecule has 0 unspecified atom stereocenters. The first-order chi connectivity index (χ1) is 16.3. The molecule has 0 atom stereocenters. The molecule has 1 fully saturated rings. The number of nitrogens with zero attached hydrogens (tertiary/aromatic N) is 5. The fourth-order valence-corrected chi connectivity index (χ4v) is 4.19. The van der Waals surface area contributed by atoms with E-state index < -0.39 is 0 Å². The molecular formula is C25H26N6O2. The number of tetrazole rings is 1. The van der Waals surface area contributed by atoms with Gasteiger partial charge in [-0.25, -0.2) is 0 Å². The molecule has 0 spiro atoms. The van der Waals surface area contributed by atoms with E-state index in [1.54, 1.807) is 13.3 Å². The number of aromatic nitrogens is 5. The first-order valence-electron chi connectivity index (χ1n) is 11.1. The zero-order chi connectivity index (χ0) is 22.5. The number of hydrogen-bond acceptors (Lipinski definition) is 7. The third-order valence-electron chi connectivity index (χ3n) is 5.90. The maximum atomic E-state index is 6.35. The van der Waals surface area contributed by atoms with E-state index >= 15 is 0 Å². The van der Waals surface area contributed by atoms with Crippen molar-refractivity contribution in [3.8, 4) is 22.9 Å². The summed E-state index contributed by atoms with van der Waals surface area (Å²) < 4.78 is 11.9. The van der Waals surface area contributed by atoms with Crippen molar-refractivity contribution in [1.82, 2.24) is 25.6 Å². The lowest BCUT2D eigenvalue weighted by Crippen LogP contribution is -2.17. The van der Waals surface area contributed by atoms with Crippen LogP contribution in [0.4, 0.5) is 11.4 Å². The minimum Gasteiger partial charge on any atom is -0.493 e. The van der Waals surface area contributed by atoms with Crippen molar-refractivity contribution in [3.05, 3.63) is 72.6 Å². The van der Waals surface area contributed by atoms with Crippen LogP contribution >= 0.6 is 0 Å². The lowest BCUT2D eigenvalue weighted by Gasteiger charge is -2.27. The van der Waals surface area contributed by atoms with E-state index in [2.05, 4.69) is 60.8 Å². The minimum absolute atomic E-state index is 0.246. The molecule has 0 radical (unpaired) electrons.